The minimum atomic E-state index is -0.575. The molecule has 1 atom stereocenters. The monoisotopic (exact) mass is 287 g/mol. The van der Waals surface area contributed by atoms with Crippen LogP contribution in [0.5, 0.6) is 5.75 Å². The van der Waals surface area contributed by atoms with Gasteiger partial charge in [0.2, 0.25) is 0 Å². The first-order valence-electron chi connectivity index (χ1n) is 6.20. The Morgan fingerprint density at radius 3 is 2.26 bits per heavy atom. The van der Waals surface area contributed by atoms with Crippen molar-refractivity contribution in [2.75, 3.05) is 6.61 Å². The van der Waals surface area contributed by atoms with Crippen molar-refractivity contribution >= 4 is 18.4 Å². The summed E-state index contributed by atoms with van der Waals surface area (Å²) in [5.41, 5.74) is 6.55. The van der Waals surface area contributed by atoms with Crippen molar-refractivity contribution in [1.82, 2.24) is 0 Å². The third-order valence-electron chi connectivity index (χ3n) is 2.55. The predicted octanol–water partition coefficient (Wildman–Crippen LogP) is 2.53. The number of halogens is 1. The number of benzene rings is 1. The first-order chi connectivity index (χ1) is 8.58. The third-order valence-corrected chi connectivity index (χ3v) is 2.55. The fourth-order valence-electron chi connectivity index (χ4n) is 1.53. The fraction of sp³-hybridized carbons (Fsp3) is 0.500. The van der Waals surface area contributed by atoms with E-state index in [9.17, 15) is 4.79 Å². The Bertz CT molecular complexity index is 379. The van der Waals surface area contributed by atoms with Gasteiger partial charge in [0.1, 0.15) is 5.75 Å². The lowest BCUT2D eigenvalue weighted by atomic mass is 10.1. The zero-order chi connectivity index (χ0) is 13.5. The van der Waals surface area contributed by atoms with Crippen LogP contribution in [-0.2, 0) is 16.1 Å². The molecule has 0 saturated carbocycles. The maximum atomic E-state index is 11.7. The highest BCUT2D eigenvalue weighted by Gasteiger charge is 2.25. The minimum absolute atomic E-state index is 0. The second kappa shape index (κ2) is 8.77. The van der Waals surface area contributed by atoms with Gasteiger partial charge >= 0.3 is 5.97 Å². The van der Waals surface area contributed by atoms with Crippen molar-refractivity contribution in [3.63, 3.8) is 0 Å². The molecule has 108 valence electrons. The summed E-state index contributed by atoms with van der Waals surface area (Å²) in [5, 5.41) is 0. The van der Waals surface area contributed by atoms with Gasteiger partial charge in [0, 0.05) is 12.5 Å². The Morgan fingerprint density at radius 1 is 1.26 bits per heavy atom. The second-order valence-corrected chi connectivity index (χ2v) is 4.38. The van der Waals surface area contributed by atoms with E-state index >= 15 is 0 Å². The first kappa shape index (κ1) is 17.7. The molecule has 19 heavy (non-hydrogen) atoms. The van der Waals surface area contributed by atoms with Crippen molar-refractivity contribution < 1.29 is 14.3 Å². The zero-order valence-electron chi connectivity index (χ0n) is 11.6. The van der Waals surface area contributed by atoms with Gasteiger partial charge in [0.25, 0.3) is 0 Å². The molecular weight excluding hydrogens is 266 g/mol. The molecule has 0 aromatic heterocycles. The highest BCUT2D eigenvalue weighted by Crippen LogP contribution is 2.17. The van der Waals surface area contributed by atoms with Crippen LogP contribution >= 0.6 is 12.4 Å². The molecule has 0 spiro atoms. The van der Waals surface area contributed by atoms with E-state index in [1.54, 1.807) is 6.92 Å². The molecule has 4 nitrogen and oxygen atoms in total. The fourth-order valence-corrected chi connectivity index (χ4v) is 1.53. The molecule has 1 aromatic rings. The maximum absolute atomic E-state index is 11.7. The van der Waals surface area contributed by atoms with Gasteiger partial charge < -0.3 is 15.2 Å². The van der Waals surface area contributed by atoms with Crippen LogP contribution in [0.15, 0.2) is 24.3 Å². The van der Waals surface area contributed by atoms with E-state index in [1.165, 1.54) is 0 Å². The first-order valence-corrected chi connectivity index (χ1v) is 6.20. The number of rotatable bonds is 6. The number of carbonyl (C=O) groups excluding carboxylic acids is 1. The molecule has 0 fully saturated rings. The lowest BCUT2D eigenvalue weighted by Gasteiger charge is -2.20. The normalized spacial score (nSPS) is 11.6. The molecule has 0 saturated heterocycles. The van der Waals surface area contributed by atoms with Gasteiger partial charge in [-0.05, 0) is 24.6 Å². The van der Waals surface area contributed by atoms with E-state index in [1.807, 2.05) is 38.1 Å². The van der Waals surface area contributed by atoms with Gasteiger partial charge in [0.05, 0.1) is 6.61 Å². The molecule has 0 heterocycles. The summed E-state index contributed by atoms with van der Waals surface area (Å²) in [4.78, 5) is 11.7. The number of nitrogens with two attached hydrogens (primary N) is 1. The molecule has 5 heteroatoms. The van der Waals surface area contributed by atoms with E-state index in [4.69, 9.17) is 15.2 Å². The average molecular weight is 288 g/mol. The lowest BCUT2D eigenvalue weighted by Crippen LogP contribution is -2.34. The van der Waals surface area contributed by atoms with Crippen molar-refractivity contribution in [3.05, 3.63) is 29.8 Å². The molecule has 2 N–H and O–H groups in total. The summed E-state index contributed by atoms with van der Waals surface area (Å²) >= 11 is 0. The summed E-state index contributed by atoms with van der Waals surface area (Å²) in [6.07, 6.45) is -0.575. The maximum Gasteiger partial charge on any atom is 0.347 e. The molecule has 1 rings (SSSR count). The Kier molecular flexibility index (Phi) is 8.19. The van der Waals surface area contributed by atoms with Crippen molar-refractivity contribution in [2.24, 2.45) is 11.7 Å². The summed E-state index contributed by atoms with van der Waals surface area (Å²) in [5.74, 6) is 0.382. The Balaban J connectivity index is 0.00000324. The Labute approximate surface area is 120 Å². The highest BCUT2D eigenvalue weighted by molar-refractivity contribution is 5.85. The van der Waals surface area contributed by atoms with E-state index in [0.29, 0.717) is 18.9 Å². The molecule has 0 bridgehead atoms. The van der Waals surface area contributed by atoms with Crippen LogP contribution in [0.3, 0.4) is 0 Å². The zero-order valence-corrected chi connectivity index (χ0v) is 12.4. The van der Waals surface area contributed by atoms with E-state index in [-0.39, 0.29) is 24.3 Å². The molecule has 0 unspecified atom stereocenters. The van der Waals surface area contributed by atoms with Crippen LogP contribution in [-0.4, -0.2) is 18.7 Å². The number of esters is 1. The summed E-state index contributed by atoms with van der Waals surface area (Å²) in [6.45, 7) is 6.49. The number of hydrogen-bond acceptors (Lipinski definition) is 4. The molecular formula is C14H22ClNO3. The van der Waals surface area contributed by atoms with Crippen LogP contribution in [0.2, 0.25) is 0 Å². The van der Waals surface area contributed by atoms with Crippen LogP contribution in [0, 0.1) is 5.92 Å². The van der Waals surface area contributed by atoms with Crippen LogP contribution in [0.1, 0.15) is 26.3 Å². The van der Waals surface area contributed by atoms with Crippen LogP contribution in [0.4, 0.5) is 0 Å². The molecule has 0 amide bonds. The van der Waals surface area contributed by atoms with Crippen LogP contribution < -0.4 is 10.5 Å². The quantitative estimate of drug-likeness (QED) is 0.817. The standard InChI is InChI=1S/C14H21NO3.ClH/c1-4-17-14(16)13(10(2)3)18-12-7-5-11(9-15)6-8-12;/h5-8,10,13H,4,9,15H2,1-3H3;1H/t13-;/m0./s1. The van der Waals surface area contributed by atoms with Gasteiger partial charge in [-0.15, -0.1) is 12.4 Å². The van der Waals surface area contributed by atoms with Gasteiger partial charge in [0.15, 0.2) is 6.10 Å². The molecule has 1 aromatic carbocycles. The second-order valence-electron chi connectivity index (χ2n) is 4.38. The minimum Gasteiger partial charge on any atom is -0.478 e. The SMILES string of the molecule is CCOC(=O)[C@@H](Oc1ccc(CN)cc1)C(C)C.Cl. The van der Waals surface area contributed by atoms with Gasteiger partial charge in [-0.1, -0.05) is 26.0 Å². The number of ether oxygens (including phenoxy) is 2. The van der Waals surface area contributed by atoms with E-state index < -0.39 is 6.10 Å². The predicted molar refractivity (Wildman–Crippen MR) is 77.5 cm³/mol. The summed E-state index contributed by atoms with van der Waals surface area (Å²) in [7, 11) is 0. The lowest BCUT2D eigenvalue weighted by molar-refractivity contribution is -0.153. The summed E-state index contributed by atoms with van der Waals surface area (Å²) in [6, 6.07) is 7.41. The number of carbonyl (C=O) groups is 1. The van der Waals surface area contributed by atoms with E-state index in [0.717, 1.165) is 5.56 Å². The van der Waals surface area contributed by atoms with Gasteiger partial charge in [-0.25, -0.2) is 4.79 Å². The highest BCUT2D eigenvalue weighted by atomic mass is 35.5. The van der Waals surface area contributed by atoms with Crippen molar-refractivity contribution in [1.29, 1.82) is 0 Å². The van der Waals surface area contributed by atoms with E-state index in [2.05, 4.69) is 0 Å². The molecule has 0 aliphatic rings. The number of hydrogen-bond donors (Lipinski definition) is 1. The van der Waals surface area contributed by atoms with Gasteiger partial charge in [-0.2, -0.15) is 0 Å². The molecule has 0 radical (unpaired) electrons. The Morgan fingerprint density at radius 2 is 1.84 bits per heavy atom. The average Bonchev–Trinajstić information content (AvgIpc) is 2.36. The van der Waals surface area contributed by atoms with Crippen molar-refractivity contribution in [2.45, 2.75) is 33.4 Å². The topological polar surface area (TPSA) is 61.5 Å². The third kappa shape index (κ3) is 5.49. The summed E-state index contributed by atoms with van der Waals surface area (Å²) < 4.78 is 10.7. The van der Waals surface area contributed by atoms with Crippen molar-refractivity contribution in [3.8, 4) is 5.75 Å². The largest absolute Gasteiger partial charge is 0.478 e. The molecule has 0 aliphatic heterocycles. The smallest absolute Gasteiger partial charge is 0.347 e. The molecule has 0 aliphatic carbocycles. The van der Waals surface area contributed by atoms with Gasteiger partial charge in [-0.3, -0.25) is 0 Å². The van der Waals surface area contributed by atoms with Crippen LogP contribution in [0.25, 0.3) is 0 Å². The Hall–Kier alpha value is -1.26.